The Morgan fingerprint density at radius 1 is 1.07 bits per heavy atom. The van der Waals surface area contributed by atoms with Crippen molar-refractivity contribution >= 4 is 5.69 Å². The average molecular weight is 364 g/mol. The van der Waals surface area contributed by atoms with E-state index >= 15 is 0 Å². The molecule has 10 nitrogen and oxygen atoms in total. The van der Waals surface area contributed by atoms with Crippen molar-refractivity contribution in [2.45, 2.75) is 0 Å². The highest BCUT2D eigenvalue weighted by molar-refractivity contribution is 5.56. The van der Waals surface area contributed by atoms with Crippen molar-refractivity contribution in [1.82, 2.24) is 25.2 Å². The molecular formula is C17H12N6O4. The zero-order valence-corrected chi connectivity index (χ0v) is 14.0. The first-order valence-corrected chi connectivity index (χ1v) is 7.79. The predicted molar refractivity (Wildman–Crippen MR) is 93.3 cm³/mol. The summed E-state index contributed by atoms with van der Waals surface area (Å²) in [6.07, 6.45) is 1.56. The first-order valence-electron chi connectivity index (χ1n) is 7.79. The molecule has 0 fully saturated rings. The third kappa shape index (κ3) is 3.23. The van der Waals surface area contributed by atoms with Gasteiger partial charge in [-0.25, -0.2) is 4.68 Å². The molecule has 0 amide bonds. The summed E-state index contributed by atoms with van der Waals surface area (Å²) in [6.45, 7) is 0. The van der Waals surface area contributed by atoms with E-state index in [4.69, 9.17) is 9.15 Å². The molecule has 0 aliphatic rings. The monoisotopic (exact) mass is 364 g/mol. The van der Waals surface area contributed by atoms with Crippen LogP contribution < -0.4 is 4.74 Å². The van der Waals surface area contributed by atoms with E-state index in [1.165, 1.54) is 16.8 Å². The molecule has 0 spiro atoms. The number of hydrogen-bond donors (Lipinski definition) is 0. The lowest BCUT2D eigenvalue weighted by molar-refractivity contribution is -0.384. The van der Waals surface area contributed by atoms with Crippen LogP contribution in [0.15, 0.2) is 59.1 Å². The largest absolute Gasteiger partial charge is 0.497 e. The van der Waals surface area contributed by atoms with Gasteiger partial charge in [-0.2, -0.15) is 0 Å². The van der Waals surface area contributed by atoms with E-state index < -0.39 is 4.92 Å². The van der Waals surface area contributed by atoms with Crippen LogP contribution in [0.2, 0.25) is 0 Å². The number of nitro groups is 1. The van der Waals surface area contributed by atoms with Gasteiger partial charge in [0.25, 0.3) is 11.6 Å². The van der Waals surface area contributed by atoms with E-state index in [0.29, 0.717) is 17.3 Å². The van der Waals surface area contributed by atoms with Gasteiger partial charge in [0.15, 0.2) is 5.69 Å². The zero-order chi connectivity index (χ0) is 18.8. The molecule has 0 atom stereocenters. The van der Waals surface area contributed by atoms with Crippen molar-refractivity contribution < 1.29 is 14.1 Å². The first-order chi connectivity index (χ1) is 13.1. The Labute approximate surface area is 152 Å². The number of hydrogen-bond acceptors (Lipinski definition) is 8. The zero-order valence-electron chi connectivity index (χ0n) is 14.0. The number of benzene rings is 2. The minimum Gasteiger partial charge on any atom is -0.497 e. The molecule has 10 heteroatoms. The molecule has 0 aliphatic carbocycles. The van der Waals surface area contributed by atoms with Crippen molar-refractivity contribution in [1.29, 1.82) is 0 Å². The molecule has 134 valence electrons. The van der Waals surface area contributed by atoms with Gasteiger partial charge in [-0.3, -0.25) is 10.1 Å². The summed E-state index contributed by atoms with van der Waals surface area (Å²) in [6, 6.07) is 13.2. The molecule has 2 aromatic heterocycles. The Kier molecular flexibility index (Phi) is 4.05. The Balaban J connectivity index is 1.61. The average Bonchev–Trinajstić information content (AvgIpc) is 3.38. The van der Waals surface area contributed by atoms with Crippen molar-refractivity contribution in [3.63, 3.8) is 0 Å². The highest BCUT2D eigenvalue weighted by Crippen LogP contribution is 2.25. The van der Waals surface area contributed by atoms with Gasteiger partial charge in [0.2, 0.25) is 5.89 Å². The number of ether oxygens (including phenoxy) is 1. The third-order valence-electron chi connectivity index (χ3n) is 3.78. The fourth-order valence-electron chi connectivity index (χ4n) is 2.41. The maximum Gasteiger partial charge on any atom is 0.271 e. The normalized spacial score (nSPS) is 10.7. The van der Waals surface area contributed by atoms with Crippen LogP contribution >= 0.6 is 0 Å². The first kappa shape index (κ1) is 16.4. The molecule has 2 aromatic carbocycles. The minimum atomic E-state index is -0.472. The smallest absolute Gasteiger partial charge is 0.271 e. The van der Waals surface area contributed by atoms with Gasteiger partial charge in [0, 0.05) is 17.7 Å². The molecule has 2 heterocycles. The number of aromatic nitrogens is 5. The van der Waals surface area contributed by atoms with Gasteiger partial charge in [-0.15, -0.1) is 15.3 Å². The van der Waals surface area contributed by atoms with Crippen LogP contribution in [0.5, 0.6) is 5.75 Å². The van der Waals surface area contributed by atoms with Gasteiger partial charge < -0.3 is 9.15 Å². The quantitative estimate of drug-likeness (QED) is 0.391. The summed E-state index contributed by atoms with van der Waals surface area (Å²) in [5, 5.41) is 26.9. The Morgan fingerprint density at radius 3 is 2.59 bits per heavy atom. The molecule has 4 aromatic rings. The lowest BCUT2D eigenvalue weighted by Gasteiger charge is -1.99. The van der Waals surface area contributed by atoms with Crippen LogP contribution in [-0.2, 0) is 0 Å². The molecule has 4 rings (SSSR count). The molecule has 0 radical (unpaired) electrons. The number of methoxy groups -OCH3 is 1. The molecular weight excluding hydrogens is 352 g/mol. The number of rotatable bonds is 5. The van der Waals surface area contributed by atoms with Crippen molar-refractivity contribution in [2.24, 2.45) is 0 Å². The summed E-state index contributed by atoms with van der Waals surface area (Å²) in [5.74, 6) is 1.24. The van der Waals surface area contributed by atoms with E-state index in [-0.39, 0.29) is 11.6 Å². The maximum absolute atomic E-state index is 10.9. The molecule has 0 aliphatic heterocycles. The summed E-state index contributed by atoms with van der Waals surface area (Å²) in [4.78, 5) is 10.4. The van der Waals surface area contributed by atoms with E-state index in [2.05, 4.69) is 20.5 Å². The van der Waals surface area contributed by atoms with Crippen molar-refractivity contribution in [3.05, 3.63) is 64.8 Å². The van der Waals surface area contributed by atoms with E-state index in [0.717, 1.165) is 11.3 Å². The topological polar surface area (TPSA) is 122 Å². The molecule has 0 unspecified atom stereocenters. The van der Waals surface area contributed by atoms with Gasteiger partial charge in [0.1, 0.15) is 5.75 Å². The second-order valence-electron chi connectivity index (χ2n) is 5.47. The summed E-state index contributed by atoms with van der Waals surface area (Å²) in [7, 11) is 1.59. The maximum atomic E-state index is 10.9. The minimum absolute atomic E-state index is 0.0378. The van der Waals surface area contributed by atoms with Crippen LogP contribution in [0.3, 0.4) is 0 Å². The van der Waals surface area contributed by atoms with Gasteiger partial charge in [-0.1, -0.05) is 11.3 Å². The van der Waals surface area contributed by atoms with Crippen LogP contribution in [0.4, 0.5) is 5.69 Å². The Morgan fingerprint density at radius 2 is 1.85 bits per heavy atom. The van der Waals surface area contributed by atoms with Crippen molar-refractivity contribution in [3.8, 4) is 34.5 Å². The standard InChI is InChI=1S/C17H12N6O4/c1-26-14-7-5-11(6-8-14)16-19-20-17(27-16)15-10-22(21-18-15)12-3-2-4-13(9-12)23(24)25/h2-10H,1H3. The van der Waals surface area contributed by atoms with Crippen LogP contribution in [-0.4, -0.2) is 37.2 Å². The van der Waals surface area contributed by atoms with Gasteiger partial charge in [-0.05, 0) is 30.3 Å². The fourth-order valence-corrected chi connectivity index (χ4v) is 2.41. The van der Waals surface area contributed by atoms with E-state index in [1.54, 1.807) is 49.7 Å². The van der Waals surface area contributed by atoms with Gasteiger partial charge >= 0.3 is 0 Å². The van der Waals surface area contributed by atoms with Crippen molar-refractivity contribution in [2.75, 3.05) is 7.11 Å². The Hall–Kier alpha value is -4.08. The lowest BCUT2D eigenvalue weighted by atomic mass is 10.2. The molecule has 0 saturated heterocycles. The molecule has 0 saturated carbocycles. The highest BCUT2D eigenvalue weighted by atomic mass is 16.6. The molecule has 0 bridgehead atoms. The van der Waals surface area contributed by atoms with Crippen LogP contribution in [0.25, 0.3) is 28.7 Å². The summed E-state index contributed by atoms with van der Waals surface area (Å²) in [5.41, 5.74) is 1.55. The highest BCUT2D eigenvalue weighted by Gasteiger charge is 2.15. The number of nitro benzene ring substituents is 1. The number of non-ortho nitro benzene ring substituents is 1. The van der Waals surface area contributed by atoms with E-state index in [1.807, 2.05) is 0 Å². The number of nitrogens with zero attached hydrogens (tertiary/aromatic N) is 6. The SMILES string of the molecule is COc1ccc(-c2nnc(-c3cn(-c4cccc([N+](=O)[O-])c4)nn3)o2)cc1. The fraction of sp³-hybridized carbons (Fsp3) is 0.0588. The molecule has 0 N–H and O–H groups in total. The van der Waals surface area contributed by atoms with Crippen LogP contribution in [0.1, 0.15) is 0 Å². The predicted octanol–water partition coefficient (Wildman–Crippen LogP) is 2.90. The molecule has 27 heavy (non-hydrogen) atoms. The Bertz CT molecular complexity index is 1100. The van der Waals surface area contributed by atoms with Crippen LogP contribution in [0, 0.1) is 10.1 Å². The summed E-state index contributed by atoms with van der Waals surface area (Å²) >= 11 is 0. The lowest BCUT2D eigenvalue weighted by Crippen LogP contribution is -1.96. The van der Waals surface area contributed by atoms with Gasteiger partial charge in [0.05, 0.1) is 23.9 Å². The second kappa shape index (κ2) is 6.67. The van der Waals surface area contributed by atoms with E-state index in [9.17, 15) is 10.1 Å². The summed E-state index contributed by atoms with van der Waals surface area (Å²) < 4.78 is 12.2. The third-order valence-corrected chi connectivity index (χ3v) is 3.78. The second-order valence-corrected chi connectivity index (χ2v) is 5.47.